The van der Waals surface area contributed by atoms with Crippen LogP contribution in [0.25, 0.3) is 0 Å². The normalized spacial score (nSPS) is 13.4. The van der Waals surface area contributed by atoms with Gasteiger partial charge in [0.1, 0.15) is 5.82 Å². The van der Waals surface area contributed by atoms with Crippen LogP contribution in [0.1, 0.15) is 6.42 Å². The third kappa shape index (κ3) is 2.75. The SMILES string of the molecule is O=C(O)CC(F)S(=O)(=O)c1cccc(F)c1. The highest BCUT2D eigenvalue weighted by Gasteiger charge is 2.29. The van der Waals surface area contributed by atoms with Crippen molar-refractivity contribution in [2.45, 2.75) is 16.8 Å². The van der Waals surface area contributed by atoms with Crippen LogP contribution in [-0.2, 0) is 14.6 Å². The molecule has 1 atom stereocenters. The Kier molecular flexibility index (Phi) is 3.58. The molecule has 0 saturated heterocycles. The molecule has 0 fully saturated rings. The summed E-state index contributed by atoms with van der Waals surface area (Å²) in [5, 5.41) is 8.27. The smallest absolute Gasteiger partial charge is 0.307 e. The summed E-state index contributed by atoms with van der Waals surface area (Å²) in [6.07, 6.45) is -1.17. The Bertz CT molecular complexity index is 498. The van der Waals surface area contributed by atoms with Crippen molar-refractivity contribution in [3.05, 3.63) is 30.1 Å². The van der Waals surface area contributed by atoms with Gasteiger partial charge in [-0.05, 0) is 18.2 Å². The van der Waals surface area contributed by atoms with E-state index in [4.69, 9.17) is 5.11 Å². The Morgan fingerprint density at radius 2 is 2.06 bits per heavy atom. The second-order valence-corrected chi connectivity index (χ2v) is 5.08. The van der Waals surface area contributed by atoms with E-state index in [9.17, 15) is 22.0 Å². The fourth-order valence-electron chi connectivity index (χ4n) is 1.04. The lowest BCUT2D eigenvalue weighted by molar-refractivity contribution is -0.137. The maximum Gasteiger partial charge on any atom is 0.307 e. The molecule has 0 aliphatic carbocycles. The zero-order valence-electron chi connectivity index (χ0n) is 7.93. The molecule has 0 heterocycles. The van der Waals surface area contributed by atoms with Crippen molar-refractivity contribution < 1.29 is 27.1 Å². The molecule has 1 N–H and O–H groups in total. The van der Waals surface area contributed by atoms with Gasteiger partial charge in [-0.3, -0.25) is 4.79 Å². The summed E-state index contributed by atoms with van der Waals surface area (Å²) in [5.41, 5.74) is -2.58. The first-order valence-electron chi connectivity index (χ1n) is 4.19. The molecule has 0 spiro atoms. The largest absolute Gasteiger partial charge is 0.481 e. The quantitative estimate of drug-likeness (QED) is 0.876. The van der Waals surface area contributed by atoms with Crippen molar-refractivity contribution in [2.75, 3.05) is 0 Å². The molecule has 0 aliphatic heterocycles. The van der Waals surface area contributed by atoms with E-state index >= 15 is 0 Å². The van der Waals surface area contributed by atoms with Gasteiger partial charge in [0.2, 0.25) is 15.3 Å². The van der Waals surface area contributed by atoms with Crippen molar-refractivity contribution in [3.8, 4) is 0 Å². The first-order valence-corrected chi connectivity index (χ1v) is 5.74. The second-order valence-electron chi connectivity index (χ2n) is 3.01. The lowest BCUT2D eigenvalue weighted by atomic mass is 10.4. The van der Waals surface area contributed by atoms with Gasteiger partial charge in [-0.15, -0.1) is 0 Å². The topological polar surface area (TPSA) is 71.4 Å². The molecule has 0 aliphatic rings. The van der Waals surface area contributed by atoms with Crippen LogP contribution in [0.2, 0.25) is 0 Å². The molecule has 7 heteroatoms. The first-order chi connectivity index (χ1) is 7.34. The molecule has 0 saturated carbocycles. The maximum atomic E-state index is 13.2. The number of halogens is 2. The number of carboxylic acids is 1. The first kappa shape index (κ1) is 12.6. The Hall–Kier alpha value is -1.50. The van der Waals surface area contributed by atoms with Gasteiger partial charge in [-0.1, -0.05) is 6.07 Å². The van der Waals surface area contributed by atoms with Gasteiger partial charge < -0.3 is 5.11 Å². The molecular weight excluding hydrogens is 242 g/mol. The van der Waals surface area contributed by atoms with Gasteiger partial charge in [0, 0.05) is 0 Å². The summed E-state index contributed by atoms with van der Waals surface area (Å²) in [4.78, 5) is 9.61. The molecule has 88 valence electrons. The summed E-state index contributed by atoms with van der Waals surface area (Å²) >= 11 is 0. The zero-order valence-corrected chi connectivity index (χ0v) is 8.75. The summed E-state index contributed by atoms with van der Waals surface area (Å²) in [5.74, 6) is -2.41. The number of alkyl halides is 1. The van der Waals surface area contributed by atoms with Crippen LogP contribution >= 0.6 is 0 Å². The number of benzene rings is 1. The van der Waals surface area contributed by atoms with Crippen LogP contribution in [0, 0.1) is 5.82 Å². The summed E-state index contributed by atoms with van der Waals surface area (Å²) in [6.45, 7) is 0. The van der Waals surface area contributed by atoms with Crippen molar-refractivity contribution >= 4 is 15.8 Å². The molecule has 1 unspecified atom stereocenters. The highest BCUT2D eigenvalue weighted by atomic mass is 32.2. The monoisotopic (exact) mass is 250 g/mol. The van der Waals surface area contributed by atoms with E-state index in [2.05, 4.69) is 0 Å². The molecule has 0 radical (unpaired) electrons. The van der Waals surface area contributed by atoms with E-state index in [1.54, 1.807) is 0 Å². The second kappa shape index (κ2) is 4.56. The Labute approximate surface area is 90.4 Å². The lowest BCUT2D eigenvalue weighted by Gasteiger charge is -2.07. The minimum absolute atomic E-state index is 0.568. The number of aliphatic carboxylic acids is 1. The number of hydrogen-bond acceptors (Lipinski definition) is 3. The molecule has 0 bridgehead atoms. The molecule has 4 nitrogen and oxygen atoms in total. The third-order valence-electron chi connectivity index (χ3n) is 1.80. The highest BCUT2D eigenvalue weighted by Crippen LogP contribution is 2.20. The fraction of sp³-hybridized carbons (Fsp3) is 0.222. The van der Waals surface area contributed by atoms with Gasteiger partial charge in [-0.25, -0.2) is 17.2 Å². The number of rotatable bonds is 4. The minimum atomic E-state index is -4.44. The van der Waals surface area contributed by atoms with Crippen LogP contribution in [0.15, 0.2) is 29.2 Å². The van der Waals surface area contributed by atoms with Gasteiger partial charge in [0.05, 0.1) is 11.3 Å². The van der Waals surface area contributed by atoms with E-state index < -0.39 is 38.4 Å². The van der Waals surface area contributed by atoms with Crippen LogP contribution < -0.4 is 0 Å². The molecule has 1 rings (SSSR count). The van der Waals surface area contributed by atoms with Gasteiger partial charge in [0.25, 0.3) is 0 Å². The van der Waals surface area contributed by atoms with Gasteiger partial charge in [-0.2, -0.15) is 0 Å². The van der Waals surface area contributed by atoms with Crippen molar-refractivity contribution in [2.24, 2.45) is 0 Å². The van der Waals surface area contributed by atoms with Crippen LogP contribution in [0.5, 0.6) is 0 Å². The predicted octanol–water partition coefficient (Wildman–Crippen LogP) is 1.37. The van der Waals surface area contributed by atoms with Crippen LogP contribution in [0.4, 0.5) is 8.78 Å². The van der Waals surface area contributed by atoms with E-state index in [1.165, 1.54) is 0 Å². The van der Waals surface area contributed by atoms with Crippen molar-refractivity contribution in [1.82, 2.24) is 0 Å². The number of sulfone groups is 1. The van der Waals surface area contributed by atoms with E-state index in [0.29, 0.717) is 6.07 Å². The van der Waals surface area contributed by atoms with Gasteiger partial charge in [0.15, 0.2) is 0 Å². The van der Waals surface area contributed by atoms with Crippen LogP contribution in [0.3, 0.4) is 0 Å². The van der Waals surface area contributed by atoms with Gasteiger partial charge >= 0.3 is 5.97 Å². The molecule has 1 aromatic carbocycles. The molecule has 1 aromatic rings. The van der Waals surface area contributed by atoms with E-state index in [-0.39, 0.29) is 0 Å². The fourth-order valence-corrected chi connectivity index (χ4v) is 2.24. The zero-order chi connectivity index (χ0) is 12.3. The Morgan fingerprint density at radius 1 is 1.44 bits per heavy atom. The van der Waals surface area contributed by atoms with E-state index in [0.717, 1.165) is 18.2 Å². The number of hydrogen-bond donors (Lipinski definition) is 1. The average molecular weight is 250 g/mol. The highest BCUT2D eigenvalue weighted by molar-refractivity contribution is 7.92. The number of carboxylic acid groups (broad SMARTS) is 1. The predicted molar refractivity (Wildman–Crippen MR) is 50.7 cm³/mol. The van der Waals surface area contributed by atoms with Crippen LogP contribution in [-0.4, -0.2) is 25.0 Å². The minimum Gasteiger partial charge on any atom is -0.481 e. The lowest BCUT2D eigenvalue weighted by Crippen LogP contribution is -2.20. The molecular formula is C9H8F2O4S. The maximum absolute atomic E-state index is 13.2. The third-order valence-corrected chi connectivity index (χ3v) is 3.55. The standard InChI is InChI=1S/C9H8F2O4S/c10-6-2-1-3-7(4-6)16(14,15)8(11)5-9(12)13/h1-4,8H,5H2,(H,12,13). The summed E-state index contributed by atoms with van der Waals surface area (Å²) in [7, 11) is -4.44. The average Bonchev–Trinajstić information content (AvgIpc) is 2.16. The summed E-state index contributed by atoms with van der Waals surface area (Å²) < 4.78 is 48.7. The van der Waals surface area contributed by atoms with E-state index in [1.807, 2.05) is 0 Å². The Balaban J connectivity index is 3.07. The number of carbonyl (C=O) groups is 1. The molecule has 0 amide bonds. The summed E-state index contributed by atoms with van der Waals surface area (Å²) in [6, 6.07) is 3.76. The molecule has 0 aromatic heterocycles. The van der Waals surface area contributed by atoms with Crippen molar-refractivity contribution in [1.29, 1.82) is 0 Å². The van der Waals surface area contributed by atoms with Crippen molar-refractivity contribution in [3.63, 3.8) is 0 Å². The molecule has 16 heavy (non-hydrogen) atoms. The Morgan fingerprint density at radius 3 is 2.56 bits per heavy atom.